The number of hydrogen-bond acceptors (Lipinski definition) is 23. The van der Waals surface area contributed by atoms with E-state index in [0.717, 1.165) is 4.90 Å². The van der Waals surface area contributed by atoms with Crippen molar-refractivity contribution in [1.82, 2.24) is 35.7 Å². The Kier molecular flexibility index (Phi) is 28.3. The largest absolute Gasteiger partial charge is 0.458 e. The van der Waals surface area contributed by atoms with Crippen molar-refractivity contribution < 1.29 is 95.6 Å². The number of rotatable bonds is 44. The number of ether oxygens (including phenoxy) is 11. The third-order valence-electron chi connectivity index (χ3n) is 14.7. The minimum Gasteiger partial charge on any atom is -0.458 e. The summed E-state index contributed by atoms with van der Waals surface area (Å²) >= 11 is 0. The van der Waals surface area contributed by atoms with Crippen LogP contribution in [-0.2, 0) is 101 Å². The summed E-state index contributed by atoms with van der Waals surface area (Å²) in [5.41, 5.74) is 8.14. The van der Waals surface area contributed by atoms with E-state index >= 15 is 0 Å². The number of nitrogens with zero attached hydrogens (tertiary/aromatic N) is 3. The number of aromatic nitrogens is 2. The van der Waals surface area contributed by atoms with Crippen LogP contribution in [0.1, 0.15) is 80.7 Å². The van der Waals surface area contributed by atoms with Gasteiger partial charge in [0.25, 0.3) is 17.4 Å². The van der Waals surface area contributed by atoms with E-state index < -0.39 is 65.7 Å². The number of carbonyl (C=O) groups excluding carboxylic acids is 8. The molecule has 0 saturated heterocycles. The Bertz CT molecular complexity index is 3010. The van der Waals surface area contributed by atoms with Crippen LogP contribution in [0.2, 0.25) is 0 Å². The predicted molar refractivity (Wildman–Crippen MR) is 314 cm³/mol. The molecule has 29 nitrogen and oxygen atoms in total. The Morgan fingerprint density at radius 1 is 0.685 bits per heavy atom. The first-order chi connectivity index (χ1) is 43.1. The van der Waals surface area contributed by atoms with Gasteiger partial charge in [-0.3, -0.25) is 43.3 Å². The molecule has 4 aliphatic heterocycles. The summed E-state index contributed by atoms with van der Waals surface area (Å²) in [6, 6.07) is 4.13. The first-order valence-corrected chi connectivity index (χ1v) is 30.0. The summed E-state index contributed by atoms with van der Waals surface area (Å²) in [6.45, 7) is 9.09. The number of ketones is 1. The molecule has 0 saturated carbocycles. The lowest BCUT2D eigenvalue weighted by molar-refractivity contribution is -0.157. The molecule has 0 radical (unpaired) electrons. The molecule has 6 amide bonds. The second-order valence-corrected chi connectivity index (χ2v) is 21.4. The van der Waals surface area contributed by atoms with Crippen molar-refractivity contribution in [2.45, 2.75) is 84.2 Å². The Morgan fingerprint density at radius 3 is 1.87 bits per heavy atom. The number of hydrogen-bond donors (Lipinski definition) is 6. The molecule has 7 N–H and O–H groups in total. The quantitative estimate of drug-likeness (QED) is 0.0189. The van der Waals surface area contributed by atoms with Crippen LogP contribution in [0.3, 0.4) is 0 Å². The van der Waals surface area contributed by atoms with Crippen LogP contribution in [0.15, 0.2) is 35.1 Å². The van der Waals surface area contributed by atoms with Crippen LogP contribution < -0.4 is 42.0 Å². The number of fused-ring (bicyclic) bond motifs is 6. The molecule has 7 rings (SSSR count). The van der Waals surface area contributed by atoms with E-state index in [9.17, 15) is 48.3 Å². The van der Waals surface area contributed by atoms with Crippen molar-refractivity contribution in [3.8, 4) is 22.9 Å². The molecule has 3 atom stereocenters. The van der Waals surface area contributed by atoms with Crippen LogP contribution >= 0.6 is 0 Å². The lowest BCUT2D eigenvalue weighted by Crippen LogP contribution is -2.46. The zero-order chi connectivity index (χ0) is 63.5. The topological polar surface area (TPSA) is 371 Å². The highest BCUT2D eigenvalue weighted by atomic mass is 16.7. The zero-order valence-corrected chi connectivity index (χ0v) is 50.4. The normalized spacial score (nSPS) is 15.3. The average Bonchev–Trinajstić information content (AvgIpc) is 1.65. The minimum atomic E-state index is -1.64. The lowest BCUT2D eigenvalue weighted by atomic mass is 9.89. The molecule has 2 aromatic heterocycles. The van der Waals surface area contributed by atoms with Gasteiger partial charge < -0.3 is 88.8 Å². The molecule has 0 fully saturated rings. The Balaban J connectivity index is 0.699. The second-order valence-electron chi connectivity index (χ2n) is 21.4. The van der Waals surface area contributed by atoms with E-state index in [0.29, 0.717) is 163 Å². The molecule has 0 aliphatic carbocycles. The number of imide groups is 1. The third kappa shape index (κ3) is 20.9. The molecule has 0 bridgehead atoms. The van der Waals surface area contributed by atoms with Crippen molar-refractivity contribution >= 4 is 58.1 Å². The number of cyclic esters (lactones) is 1. The number of carbonyl (C=O) groups is 8. The molecular formula is C60H82N8O21. The molecule has 6 heterocycles. The van der Waals surface area contributed by atoms with E-state index in [-0.39, 0.29) is 101 Å². The number of amides is 6. The van der Waals surface area contributed by atoms with Crippen LogP contribution in [0, 0.1) is 11.8 Å². The van der Waals surface area contributed by atoms with Crippen LogP contribution in [0.25, 0.3) is 22.3 Å². The molecule has 89 heavy (non-hydrogen) atoms. The monoisotopic (exact) mass is 1250 g/mol. The van der Waals surface area contributed by atoms with Gasteiger partial charge in [-0.2, -0.15) is 0 Å². The molecule has 3 aromatic rings. The van der Waals surface area contributed by atoms with E-state index in [1.807, 2.05) is 0 Å². The number of nitrogens with two attached hydrogens (primary N) is 1. The second kappa shape index (κ2) is 36.4. The van der Waals surface area contributed by atoms with Gasteiger partial charge in [-0.1, -0.05) is 20.3 Å². The maximum Gasteiger partial charge on any atom is 0.340 e. The molecule has 4 aliphatic rings. The predicted octanol–water partition coefficient (Wildman–Crippen LogP) is -0.224. The van der Waals surface area contributed by atoms with Gasteiger partial charge in [0.1, 0.15) is 6.61 Å². The molecule has 29 heteroatoms. The number of pyridine rings is 2. The van der Waals surface area contributed by atoms with E-state index in [2.05, 4.69) is 21.3 Å². The van der Waals surface area contributed by atoms with Crippen LogP contribution in [-0.4, -0.2) is 211 Å². The van der Waals surface area contributed by atoms with Gasteiger partial charge in [-0.05, 0) is 43.0 Å². The Morgan fingerprint density at radius 2 is 1.27 bits per heavy atom. The lowest BCUT2D eigenvalue weighted by Gasteiger charge is -2.24. The SMILES string of the molecule is CC(C)[C@H](NC(=O)CCOCCOCCOCCOCCOCCOCCOCCOCCNC(=O)CCN1C(=O)C=CC1=O)C(=O)C[C@@H](CCCCN)C(=O)NCC(=O)NCc1c2c(nc3cc4c(cc13)OCO4)-c1cc3c(c(=O)n1C2)COC(=O)[C@H]3O. The van der Waals surface area contributed by atoms with Crippen molar-refractivity contribution in [2.24, 2.45) is 17.6 Å². The number of nitrogens with one attached hydrogen (secondary N) is 4. The number of esters is 1. The highest BCUT2D eigenvalue weighted by molar-refractivity contribution is 6.13. The average molecular weight is 1250 g/mol. The van der Waals surface area contributed by atoms with E-state index in [1.165, 1.54) is 16.7 Å². The summed E-state index contributed by atoms with van der Waals surface area (Å²) in [6.07, 6.45) is 2.03. The summed E-state index contributed by atoms with van der Waals surface area (Å²) in [5, 5.41) is 22.3. The highest BCUT2D eigenvalue weighted by Crippen LogP contribution is 2.42. The van der Waals surface area contributed by atoms with Crippen molar-refractivity contribution in [3.63, 3.8) is 0 Å². The Hall–Kier alpha value is -7.32. The van der Waals surface area contributed by atoms with Gasteiger partial charge in [0.15, 0.2) is 23.4 Å². The third-order valence-corrected chi connectivity index (χ3v) is 14.7. The molecule has 0 spiro atoms. The minimum absolute atomic E-state index is 0.00202. The van der Waals surface area contributed by atoms with Gasteiger partial charge in [0, 0.05) is 79.5 Å². The van der Waals surface area contributed by atoms with Gasteiger partial charge in [0.05, 0.1) is 147 Å². The van der Waals surface area contributed by atoms with Crippen LogP contribution in [0.5, 0.6) is 11.5 Å². The van der Waals surface area contributed by atoms with Crippen molar-refractivity contribution in [3.05, 3.63) is 63.0 Å². The maximum atomic E-state index is 13.8. The van der Waals surface area contributed by atoms with Crippen molar-refractivity contribution in [2.75, 3.05) is 139 Å². The first kappa shape index (κ1) is 69.2. The first-order valence-electron chi connectivity index (χ1n) is 30.0. The fourth-order valence-electron chi connectivity index (χ4n) is 9.98. The smallest absolute Gasteiger partial charge is 0.340 e. The fraction of sp³-hybridized carbons (Fsp3) is 0.600. The molecule has 0 unspecified atom stereocenters. The van der Waals surface area contributed by atoms with Crippen LogP contribution in [0.4, 0.5) is 0 Å². The molecule has 1 aromatic carbocycles. The van der Waals surface area contributed by atoms with E-state index in [1.54, 1.807) is 32.0 Å². The number of Topliss-reactive ketones (excluding diaryl/α,β-unsaturated/α-hetero) is 1. The Labute approximate surface area is 514 Å². The van der Waals surface area contributed by atoms with Gasteiger partial charge in [-0.25, -0.2) is 9.78 Å². The summed E-state index contributed by atoms with van der Waals surface area (Å²) in [7, 11) is 0. The zero-order valence-electron chi connectivity index (χ0n) is 50.4. The highest BCUT2D eigenvalue weighted by Gasteiger charge is 2.36. The van der Waals surface area contributed by atoms with Gasteiger partial charge in [0.2, 0.25) is 30.4 Å². The number of aliphatic hydroxyl groups is 1. The maximum absolute atomic E-state index is 13.8. The number of benzene rings is 1. The standard InChI is InChI=1S/C60H82N8O21/c1-38(2)55(66-51(71)9-13-79-15-17-81-19-21-83-23-25-85-27-28-86-26-24-84-22-20-82-18-16-80-14-11-62-50(70)8-12-67-53(73)6-7-54(67)74)47(69)29-39(5-3-4-10-61)58(76)64-34-52(72)63-33-42-40-31-48-49(89-37-88-48)32-45(40)65-56-43(42)35-68-46(56)30-41-44(59(68)77)36-87-60(78)57(41)75/h6-7,30-32,38-39,55,57,75H,3-5,8-29,33-37,61H2,1-2H3,(H,62,70)(H,63,72)(H,64,76)(H,66,71)/t39-,55+,57+/m1/s1. The summed E-state index contributed by atoms with van der Waals surface area (Å²) < 4.78 is 61.8. The van der Waals surface area contributed by atoms with Gasteiger partial charge >= 0.3 is 5.97 Å². The number of unbranched alkanes of at least 4 members (excludes halogenated alkanes) is 1. The number of aliphatic hydroxyl groups excluding tert-OH is 1. The van der Waals surface area contributed by atoms with E-state index in [4.69, 9.17) is 62.8 Å². The summed E-state index contributed by atoms with van der Waals surface area (Å²) in [5.74, 6) is -3.92. The van der Waals surface area contributed by atoms with Gasteiger partial charge in [-0.15, -0.1) is 0 Å². The van der Waals surface area contributed by atoms with Crippen molar-refractivity contribution in [1.29, 1.82) is 0 Å². The summed E-state index contributed by atoms with van der Waals surface area (Å²) in [4.78, 5) is 121. The molecular weight excluding hydrogens is 1170 g/mol. The fourth-order valence-corrected chi connectivity index (χ4v) is 9.98. The molecule has 488 valence electrons.